The van der Waals surface area contributed by atoms with E-state index < -0.39 is 0 Å². The second-order valence-electron chi connectivity index (χ2n) is 8.50. The number of aliphatic imine (C=N–C) groups is 1. The number of nitrogens with one attached hydrogen (secondary N) is 2. The third-order valence-electron chi connectivity index (χ3n) is 6.15. The van der Waals surface area contributed by atoms with Gasteiger partial charge >= 0.3 is 0 Å². The monoisotopic (exact) mass is 421 g/mol. The Labute approximate surface area is 188 Å². The molecular formula is C26H39N5. The Bertz CT molecular complexity index is 729. The lowest BCUT2D eigenvalue weighted by atomic mass is 9.88. The summed E-state index contributed by atoms with van der Waals surface area (Å²) in [5.74, 6) is 1.30. The molecule has 1 fully saturated rings. The van der Waals surface area contributed by atoms with Gasteiger partial charge in [-0.1, -0.05) is 60.7 Å². The van der Waals surface area contributed by atoms with Crippen LogP contribution in [0, 0.1) is 0 Å². The number of guanidine groups is 1. The van der Waals surface area contributed by atoms with Crippen LogP contribution in [0.25, 0.3) is 0 Å². The van der Waals surface area contributed by atoms with E-state index in [4.69, 9.17) is 4.99 Å². The molecule has 1 atom stereocenters. The molecule has 1 unspecified atom stereocenters. The van der Waals surface area contributed by atoms with Gasteiger partial charge in [-0.2, -0.15) is 0 Å². The summed E-state index contributed by atoms with van der Waals surface area (Å²) >= 11 is 0. The van der Waals surface area contributed by atoms with Crippen molar-refractivity contribution < 1.29 is 0 Å². The summed E-state index contributed by atoms with van der Waals surface area (Å²) < 4.78 is 0. The highest BCUT2D eigenvalue weighted by atomic mass is 15.3. The minimum Gasteiger partial charge on any atom is -0.357 e. The SMILES string of the molecule is CCNC(=NCC(C)N1CCN(C)CC1)NCCC(c1ccccc1)c1ccccc1. The fraction of sp³-hybridized carbons (Fsp3) is 0.500. The van der Waals surface area contributed by atoms with Crippen LogP contribution >= 0.6 is 0 Å². The summed E-state index contributed by atoms with van der Waals surface area (Å²) in [5, 5.41) is 6.98. The van der Waals surface area contributed by atoms with Crippen LogP contribution in [-0.2, 0) is 0 Å². The van der Waals surface area contributed by atoms with Gasteiger partial charge in [0.15, 0.2) is 5.96 Å². The van der Waals surface area contributed by atoms with Crippen molar-refractivity contribution in [3.05, 3.63) is 71.8 Å². The highest BCUT2D eigenvalue weighted by Gasteiger charge is 2.19. The van der Waals surface area contributed by atoms with E-state index in [1.165, 1.54) is 11.1 Å². The average Bonchev–Trinajstić information content (AvgIpc) is 2.81. The third-order valence-corrected chi connectivity index (χ3v) is 6.15. The van der Waals surface area contributed by atoms with E-state index >= 15 is 0 Å². The minimum absolute atomic E-state index is 0.377. The van der Waals surface area contributed by atoms with E-state index in [0.29, 0.717) is 12.0 Å². The number of nitrogens with zero attached hydrogens (tertiary/aromatic N) is 3. The lowest BCUT2D eigenvalue weighted by Gasteiger charge is -2.35. The number of hydrogen-bond acceptors (Lipinski definition) is 3. The highest BCUT2D eigenvalue weighted by molar-refractivity contribution is 5.79. The standard InChI is InChI=1S/C26H39N5/c1-4-27-26(29-21-22(2)31-19-17-30(3)18-20-31)28-16-15-25(23-11-7-5-8-12-23)24-13-9-6-10-14-24/h5-14,22,25H,4,15-21H2,1-3H3,(H2,27,28,29). The molecule has 2 N–H and O–H groups in total. The summed E-state index contributed by atoms with van der Waals surface area (Å²) in [6.45, 7) is 11.5. The van der Waals surface area contributed by atoms with Gasteiger partial charge in [0, 0.05) is 51.2 Å². The number of piperazine rings is 1. The lowest BCUT2D eigenvalue weighted by molar-refractivity contribution is 0.122. The second-order valence-corrected chi connectivity index (χ2v) is 8.50. The average molecular weight is 422 g/mol. The molecule has 0 spiro atoms. The fourth-order valence-electron chi connectivity index (χ4n) is 4.17. The largest absolute Gasteiger partial charge is 0.357 e. The van der Waals surface area contributed by atoms with E-state index in [2.05, 4.69) is 102 Å². The van der Waals surface area contributed by atoms with Crippen LogP contribution in [0.3, 0.4) is 0 Å². The van der Waals surface area contributed by atoms with Crippen molar-refractivity contribution in [1.82, 2.24) is 20.4 Å². The minimum atomic E-state index is 0.377. The van der Waals surface area contributed by atoms with Gasteiger partial charge in [0.1, 0.15) is 0 Å². The summed E-state index contributed by atoms with van der Waals surface area (Å²) in [6, 6.07) is 22.1. The summed E-state index contributed by atoms with van der Waals surface area (Å²) in [6.07, 6.45) is 1.02. The number of hydrogen-bond donors (Lipinski definition) is 2. The van der Waals surface area contributed by atoms with Crippen molar-refractivity contribution in [2.24, 2.45) is 4.99 Å². The highest BCUT2D eigenvalue weighted by Crippen LogP contribution is 2.27. The van der Waals surface area contributed by atoms with E-state index in [0.717, 1.165) is 58.2 Å². The van der Waals surface area contributed by atoms with Gasteiger partial charge in [-0.15, -0.1) is 0 Å². The maximum atomic E-state index is 4.89. The lowest BCUT2D eigenvalue weighted by Crippen LogP contribution is -2.49. The van der Waals surface area contributed by atoms with Gasteiger partial charge in [-0.05, 0) is 38.4 Å². The first-order chi connectivity index (χ1) is 15.2. The van der Waals surface area contributed by atoms with Crippen molar-refractivity contribution in [3.63, 3.8) is 0 Å². The molecule has 5 nitrogen and oxygen atoms in total. The summed E-state index contributed by atoms with van der Waals surface area (Å²) in [4.78, 5) is 9.84. The Morgan fingerprint density at radius 3 is 2.03 bits per heavy atom. The molecule has 0 amide bonds. The molecule has 1 aliphatic rings. The van der Waals surface area contributed by atoms with E-state index in [9.17, 15) is 0 Å². The number of rotatable bonds is 9. The predicted molar refractivity (Wildman–Crippen MR) is 132 cm³/mol. The molecule has 0 saturated carbocycles. The molecule has 2 aromatic rings. The third kappa shape index (κ3) is 7.37. The van der Waals surface area contributed by atoms with E-state index in [1.54, 1.807) is 0 Å². The molecule has 2 aromatic carbocycles. The molecular weight excluding hydrogens is 382 g/mol. The van der Waals surface area contributed by atoms with Crippen molar-refractivity contribution in [2.75, 3.05) is 52.9 Å². The number of benzene rings is 2. The first kappa shape index (κ1) is 23.3. The van der Waals surface area contributed by atoms with Crippen LogP contribution in [0.15, 0.2) is 65.7 Å². The maximum absolute atomic E-state index is 4.89. The topological polar surface area (TPSA) is 42.9 Å². The first-order valence-corrected chi connectivity index (χ1v) is 11.7. The van der Waals surface area contributed by atoms with Gasteiger partial charge < -0.3 is 15.5 Å². The molecule has 5 heteroatoms. The van der Waals surface area contributed by atoms with Crippen molar-refractivity contribution >= 4 is 5.96 Å². The zero-order chi connectivity index (χ0) is 21.9. The fourth-order valence-corrected chi connectivity index (χ4v) is 4.17. The van der Waals surface area contributed by atoms with Crippen molar-refractivity contribution in [2.45, 2.75) is 32.2 Å². The Morgan fingerprint density at radius 1 is 0.903 bits per heavy atom. The van der Waals surface area contributed by atoms with Gasteiger partial charge in [-0.25, -0.2) is 0 Å². The van der Waals surface area contributed by atoms with Crippen LogP contribution in [0.1, 0.15) is 37.3 Å². The van der Waals surface area contributed by atoms with Crippen LogP contribution in [0.5, 0.6) is 0 Å². The maximum Gasteiger partial charge on any atom is 0.191 e. The van der Waals surface area contributed by atoms with Crippen LogP contribution in [0.4, 0.5) is 0 Å². The Kier molecular flexibility index (Phi) is 9.38. The normalized spacial score (nSPS) is 17.0. The van der Waals surface area contributed by atoms with E-state index in [1.807, 2.05) is 0 Å². The Balaban J connectivity index is 1.57. The quantitative estimate of drug-likeness (QED) is 0.481. The Morgan fingerprint density at radius 2 is 1.48 bits per heavy atom. The molecule has 0 bridgehead atoms. The predicted octanol–water partition coefficient (Wildman–Crippen LogP) is 3.40. The molecule has 1 aliphatic heterocycles. The first-order valence-electron chi connectivity index (χ1n) is 11.7. The molecule has 1 saturated heterocycles. The van der Waals surface area contributed by atoms with Gasteiger partial charge in [0.05, 0.1) is 6.54 Å². The van der Waals surface area contributed by atoms with Crippen molar-refractivity contribution in [3.8, 4) is 0 Å². The molecule has 31 heavy (non-hydrogen) atoms. The summed E-state index contributed by atoms with van der Waals surface area (Å²) in [5.41, 5.74) is 2.72. The molecule has 1 heterocycles. The zero-order valence-electron chi connectivity index (χ0n) is 19.4. The van der Waals surface area contributed by atoms with Gasteiger partial charge in [0.2, 0.25) is 0 Å². The van der Waals surface area contributed by atoms with Gasteiger partial charge in [-0.3, -0.25) is 9.89 Å². The molecule has 0 aliphatic carbocycles. The molecule has 0 radical (unpaired) electrons. The Hall–Kier alpha value is -2.37. The van der Waals surface area contributed by atoms with Crippen LogP contribution < -0.4 is 10.6 Å². The van der Waals surface area contributed by atoms with Crippen LogP contribution in [-0.4, -0.2) is 74.7 Å². The smallest absolute Gasteiger partial charge is 0.191 e. The number of likely N-dealkylation sites (N-methyl/N-ethyl adjacent to an activating group) is 1. The van der Waals surface area contributed by atoms with Crippen LogP contribution in [0.2, 0.25) is 0 Å². The van der Waals surface area contributed by atoms with Crippen molar-refractivity contribution in [1.29, 1.82) is 0 Å². The molecule has 3 rings (SSSR count). The summed E-state index contributed by atoms with van der Waals surface area (Å²) in [7, 11) is 2.20. The zero-order valence-corrected chi connectivity index (χ0v) is 19.4. The van der Waals surface area contributed by atoms with E-state index in [-0.39, 0.29) is 0 Å². The van der Waals surface area contributed by atoms with Gasteiger partial charge in [0.25, 0.3) is 0 Å². The molecule has 0 aromatic heterocycles. The molecule has 168 valence electrons. The second kappa shape index (κ2) is 12.5.